The highest BCUT2D eigenvalue weighted by atomic mass is 35.5. The summed E-state index contributed by atoms with van der Waals surface area (Å²) < 4.78 is 35.3. The predicted octanol–water partition coefficient (Wildman–Crippen LogP) is 2.29. The second-order valence-electron chi connectivity index (χ2n) is 3.17. The Balaban J connectivity index is 4.18. The zero-order valence-electron chi connectivity index (χ0n) is 7.42. The Morgan fingerprint density at radius 1 is 1.29 bits per heavy atom. The van der Waals surface area contributed by atoms with Gasteiger partial charge in [-0.1, -0.05) is 0 Å². The largest absolute Gasteiger partial charge is 0.397 e. The van der Waals surface area contributed by atoms with Crippen LogP contribution in [0, 0.1) is 0 Å². The van der Waals surface area contributed by atoms with E-state index in [0.717, 1.165) is 0 Å². The Bertz CT molecular complexity index is 204. The average Bonchev–Trinajstić information content (AvgIpc) is 2.00. The summed E-state index contributed by atoms with van der Waals surface area (Å²) >= 11 is 10.9. The second kappa shape index (κ2) is 5.07. The topological polar surface area (TPSA) is 29.1 Å². The van der Waals surface area contributed by atoms with Crippen molar-refractivity contribution in [2.45, 2.75) is 25.1 Å². The van der Waals surface area contributed by atoms with Crippen LogP contribution in [-0.4, -0.2) is 29.4 Å². The van der Waals surface area contributed by atoms with Crippen LogP contribution in [0.3, 0.4) is 0 Å². The van der Waals surface area contributed by atoms with Crippen molar-refractivity contribution in [3.63, 3.8) is 0 Å². The van der Waals surface area contributed by atoms with Gasteiger partial charge in [0.15, 0.2) is 0 Å². The zero-order valence-corrected chi connectivity index (χ0v) is 8.93. The molecular weight excluding hydrogens is 242 g/mol. The minimum absolute atomic E-state index is 0.0416. The third-order valence-corrected chi connectivity index (χ3v) is 2.57. The maximum absolute atomic E-state index is 11.8. The molecular formula is C7H10Cl2F3NO. The van der Waals surface area contributed by atoms with Crippen LogP contribution in [0.1, 0.15) is 13.3 Å². The molecule has 0 unspecified atom stereocenters. The molecule has 0 saturated heterocycles. The Hall–Kier alpha value is -0.160. The fourth-order valence-electron chi connectivity index (χ4n) is 0.665. The minimum atomic E-state index is -4.51. The van der Waals surface area contributed by atoms with E-state index in [4.69, 9.17) is 23.2 Å². The number of amides is 1. The maximum Gasteiger partial charge on any atom is 0.397 e. The normalized spacial score (nSPS) is 12.7. The van der Waals surface area contributed by atoms with Gasteiger partial charge in [-0.2, -0.15) is 13.2 Å². The molecule has 0 heterocycles. The number of rotatable bonds is 4. The molecule has 14 heavy (non-hydrogen) atoms. The molecule has 7 heteroatoms. The molecule has 0 aliphatic rings. The molecule has 84 valence electrons. The van der Waals surface area contributed by atoms with E-state index in [-0.39, 0.29) is 11.8 Å². The Morgan fingerprint density at radius 2 is 1.71 bits per heavy atom. The lowest BCUT2D eigenvalue weighted by Gasteiger charge is -2.26. The number of hydrogen-bond acceptors (Lipinski definition) is 1. The first-order valence-electron chi connectivity index (χ1n) is 3.72. The molecule has 0 fully saturated rings. The molecule has 0 rings (SSSR count). The SMILES string of the molecule is CC(CCl)(CCl)NC(=O)CC(F)(F)F. The predicted molar refractivity (Wildman–Crippen MR) is 48.7 cm³/mol. The van der Waals surface area contributed by atoms with Crippen molar-refractivity contribution < 1.29 is 18.0 Å². The molecule has 0 aliphatic heterocycles. The van der Waals surface area contributed by atoms with Crippen molar-refractivity contribution in [2.75, 3.05) is 11.8 Å². The summed E-state index contributed by atoms with van der Waals surface area (Å²) in [6, 6.07) is 0. The van der Waals surface area contributed by atoms with E-state index >= 15 is 0 Å². The molecule has 0 aliphatic carbocycles. The smallest absolute Gasteiger partial charge is 0.348 e. The summed E-state index contributed by atoms with van der Waals surface area (Å²) in [5.74, 6) is -1.21. The van der Waals surface area contributed by atoms with Gasteiger partial charge in [-0.3, -0.25) is 4.79 Å². The Morgan fingerprint density at radius 3 is 2.00 bits per heavy atom. The molecule has 0 bridgehead atoms. The molecule has 1 N–H and O–H groups in total. The molecule has 0 saturated carbocycles. The van der Waals surface area contributed by atoms with Gasteiger partial charge in [0.25, 0.3) is 0 Å². The number of halogens is 5. The summed E-state index contributed by atoms with van der Waals surface area (Å²) in [5, 5.41) is 2.13. The number of alkyl halides is 5. The van der Waals surface area contributed by atoms with Gasteiger partial charge in [0.1, 0.15) is 6.42 Å². The monoisotopic (exact) mass is 251 g/mol. The van der Waals surface area contributed by atoms with Crippen molar-refractivity contribution in [3.8, 4) is 0 Å². The van der Waals surface area contributed by atoms with Gasteiger partial charge < -0.3 is 5.32 Å². The highest BCUT2D eigenvalue weighted by molar-refractivity contribution is 6.22. The van der Waals surface area contributed by atoms with E-state index in [0.29, 0.717) is 0 Å². The zero-order chi connectivity index (χ0) is 11.4. The van der Waals surface area contributed by atoms with Crippen LogP contribution >= 0.6 is 23.2 Å². The van der Waals surface area contributed by atoms with Gasteiger partial charge in [-0.25, -0.2) is 0 Å². The Labute approximate surface area is 89.7 Å². The fourth-order valence-corrected chi connectivity index (χ4v) is 1.08. The van der Waals surface area contributed by atoms with Crippen LogP contribution < -0.4 is 5.32 Å². The molecule has 0 spiro atoms. The van der Waals surface area contributed by atoms with E-state index in [1.807, 2.05) is 0 Å². The third-order valence-electron chi connectivity index (χ3n) is 1.39. The lowest BCUT2D eigenvalue weighted by molar-refractivity contribution is -0.154. The maximum atomic E-state index is 11.8. The summed E-state index contributed by atoms with van der Waals surface area (Å²) in [7, 11) is 0. The van der Waals surface area contributed by atoms with Crippen LogP contribution in [0.4, 0.5) is 13.2 Å². The lowest BCUT2D eigenvalue weighted by Crippen LogP contribution is -2.50. The summed E-state index contributed by atoms with van der Waals surface area (Å²) in [6.45, 7) is 1.47. The van der Waals surface area contributed by atoms with Crippen molar-refractivity contribution in [1.29, 1.82) is 0 Å². The number of nitrogens with one attached hydrogen (secondary N) is 1. The first-order chi connectivity index (χ1) is 6.22. The van der Waals surface area contributed by atoms with Gasteiger partial charge in [-0.15, -0.1) is 23.2 Å². The Kier molecular flexibility index (Phi) is 5.01. The van der Waals surface area contributed by atoms with E-state index in [1.165, 1.54) is 6.92 Å². The van der Waals surface area contributed by atoms with Crippen molar-refractivity contribution in [2.24, 2.45) is 0 Å². The van der Waals surface area contributed by atoms with E-state index < -0.39 is 24.0 Å². The summed E-state index contributed by atoms with van der Waals surface area (Å²) in [5.41, 5.74) is -0.995. The van der Waals surface area contributed by atoms with Gasteiger partial charge in [0.2, 0.25) is 5.91 Å². The molecule has 0 aromatic carbocycles. The van der Waals surface area contributed by atoms with Crippen molar-refractivity contribution >= 4 is 29.1 Å². The highest BCUT2D eigenvalue weighted by Gasteiger charge is 2.34. The highest BCUT2D eigenvalue weighted by Crippen LogP contribution is 2.20. The summed E-state index contributed by atoms with van der Waals surface area (Å²) in [6.07, 6.45) is -6.03. The number of hydrogen-bond donors (Lipinski definition) is 1. The minimum Gasteiger partial charge on any atom is -0.348 e. The number of carbonyl (C=O) groups is 1. The summed E-state index contributed by atoms with van der Waals surface area (Å²) in [4.78, 5) is 10.8. The molecule has 2 nitrogen and oxygen atoms in total. The standard InChI is InChI=1S/C7H10Cl2F3NO/c1-6(3-8,4-9)13-5(14)2-7(10,11)12/h2-4H2,1H3,(H,13,14). The molecule has 0 aromatic rings. The van der Waals surface area contributed by atoms with Gasteiger partial charge in [0.05, 0.1) is 5.54 Å². The lowest BCUT2D eigenvalue weighted by atomic mass is 10.1. The average molecular weight is 252 g/mol. The third kappa shape index (κ3) is 5.54. The number of carbonyl (C=O) groups excluding carboxylic acids is 1. The van der Waals surface area contributed by atoms with E-state index in [1.54, 1.807) is 0 Å². The van der Waals surface area contributed by atoms with Crippen LogP contribution in [0.15, 0.2) is 0 Å². The van der Waals surface area contributed by atoms with E-state index in [2.05, 4.69) is 5.32 Å². The molecule has 0 radical (unpaired) electrons. The van der Waals surface area contributed by atoms with Gasteiger partial charge in [0, 0.05) is 11.8 Å². The first kappa shape index (κ1) is 13.8. The van der Waals surface area contributed by atoms with Crippen LogP contribution in [0.25, 0.3) is 0 Å². The first-order valence-corrected chi connectivity index (χ1v) is 4.79. The van der Waals surface area contributed by atoms with Crippen LogP contribution in [-0.2, 0) is 4.79 Å². The van der Waals surface area contributed by atoms with Crippen molar-refractivity contribution in [1.82, 2.24) is 5.32 Å². The fraction of sp³-hybridized carbons (Fsp3) is 0.857. The molecule has 0 aromatic heterocycles. The van der Waals surface area contributed by atoms with Crippen LogP contribution in [0.5, 0.6) is 0 Å². The quantitative estimate of drug-likeness (QED) is 0.764. The van der Waals surface area contributed by atoms with Gasteiger partial charge in [-0.05, 0) is 6.92 Å². The van der Waals surface area contributed by atoms with Gasteiger partial charge >= 0.3 is 6.18 Å². The van der Waals surface area contributed by atoms with Crippen molar-refractivity contribution in [3.05, 3.63) is 0 Å². The molecule has 1 amide bonds. The van der Waals surface area contributed by atoms with Crippen LogP contribution in [0.2, 0.25) is 0 Å². The van der Waals surface area contributed by atoms with E-state index in [9.17, 15) is 18.0 Å². The second-order valence-corrected chi connectivity index (χ2v) is 3.70. The molecule has 0 atom stereocenters.